The first kappa shape index (κ1) is 29.1. The average Bonchev–Trinajstić information content (AvgIpc) is 3.76. The minimum absolute atomic E-state index is 0.134. The van der Waals surface area contributed by atoms with Gasteiger partial charge in [-0.2, -0.15) is 10.5 Å². The van der Waals surface area contributed by atoms with Crippen LogP contribution in [0.1, 0.15) is 36.1 Å². The summed E-state index contributed by atoms with van der Waals surface area (Å²) in [4.78, 5) is 0. The summed E-state index contributed by atoms with van der Waals surface area (Å²) in [6, 6.07) is 55.9. The quantitative estimate of drug-likeness (QED) is 0.191. The Morgan fingerprint density at radius 2 is 0.980 bits per heavy atom. The molecule has 0 fully saturated rings. The van der Waals surface area contributed by atoms with Gasteiger partial charge in [-0.1, -0.05) is 80.6 Å². The molecule has 0 N–H and O–H groups in total. The van der Waals surface area contributed by atoms with Gasteiger partial charge in [-0.15, -0.1) is 0 Å². The predicted molar refractivity (Wildman–Crippen MR) is 208 cm³/mol. The number of benzene rings is 7. The molecule has 9 aromatic rings. The molecule has 0 bridgehead atoms. The van der Waals surface area contributed by atoms with Gasteiger partial charge < -0.3 is 9.13 Å². The fourth-order valence-electron chi connectivity index (χ4n) is 8.53. The summed E-state index contributed by atoms with van der Waals surface area (Å²) in [6.07, 6.45) is 0. The Labute approximate surface area is 295 Å². The van der Waals surface area contributed by atoms with Crippen molar-refractivity contribution < 1.29 is 0 Å². The van der Waals surface area contributed by atoms with E-state index in [0.717, 1.165) is 66.1 Å². The minimum atomic E-state index is -0.134. The third-order valence-corrected chi connectivity index (χ3v) is 10.9. The third kappa shape index (κ3) is 4.11. The molecule has 0 aliphatic heterocycles. The van der Waals surface area contributed by atoms with Crippen molar-refractivity contribution in [1.29, 1.82) is 10.5 Å². The van der Waals surface area contributed by atoms with Crippen molar-refractivity contribution in [3.05, 3.63) is 168 Å². The highest BCUT2D eigenvalue weighted by atomic mass is 15.0. The van der Waals surface area contributed by atoms with Crippen LogP contribution < -0.4 is 0 Å². The van der Waals surface area contributed by atoms with E-state index in [1.54, 1.807) is 0 Å². The number of hydrogen-bond acceptors (Lipinski definition) is 2. The van der Waals surface area contributed by atoms with Gasteiger partial charge in [0.05, 0.1) is 45.3 Å². The Kier molecular flexibility index (Phi) is 6.02. The van der Waals surface area contributed by atoms with E-state index in [2.05, 4.69) is 156 Å². The molecule has 51 heavy (non-hydrogen) atoms. The molecule has 4 nitrogen and oxygen atoms in total. The zero-order valence-corrected chi connectivity index (χ0v) is 28.1. The van der Waals surface area contributed by atoms with Gasteiger partial charge in [-0.3, -0.25) is 0 Å². The Bertz CT molecular complexity index is 3030. The standard InChI is InChI=1S/C47H30N4/c1-47(2)41-15-5-3-13-35(41)37-25-40-39-22-30(28-49)18-20-45(39)51(46(40)26-42(37)47)34-12-8-10-32(24-34)31-9-7-11-33(23-31)50-43-16-6-4-14-36(43)38-21-29(27-48)17-19-44(38)50/h3-26H,1-2H3. The Balaban J connectivity index is 1.17. The predicted octanol–water partition coefficient (Wildman–Crippen LogP) is 11.6. The maximum absolute atomic E-state index is 9.87. The Morgan fingerprint density at radius 3 is 1.65 bits per heavy atom. The van der Waals surface area contributed by atoms with Crippen molar-refractivity contribution in [2.75, 3.05) is 0 Å². The first-order chi connectivity index (χ1) is 24.9. The fourth-order valence-corrected chi connectivity index (χ4v) is 8.53. The Hall–Kier alpha value is -6.88. The van der Waals surface area contributed by atoms with Gasteiger partial charge >= 0.3 is 0 Å². The lowest BCUT2D eigenvalue weighted by atomic mass is 9.82. The van der Waals surface area contributed by atoms with E-state index >= 15 is 0 Å². The second kappa shape index (κ2) is 10.6. The maximum Gasteiger partial charge on any atom is 0.0991 e. The summed E-state index contributed by atoms with van der Waals surface area (Å²) in [5, 5.41) is 23.9. The summed E-state index contributed by atoms with van der Waals surface area (Å²) < 4.78 is 4.65. The highest BCUT2D eigenvalue weighted by molar-refractivity contribution is 6.12. The van der Waals surface area contributed by atoms with Crippen LogP contribution in [0.4, 0.5) is 0 Å². The first-order valence-corrected chi connectivity index (χ1v) is 17.2. The highest BCUT2D eigenvalue weighted by Crippen LogP contribution is 2.51. The number of nitriles is 2. The molecule has 0 amide bonds. The molecule has 0 spiro atoms. The number of rotatable bonds is 3. The molecule has 0 saturated carbocycles. The minimum Gasteiger partial charge on any atom is -0.309 e. The van der Waals surface area contributed by atoms with Gasteiger partial charge in [0.1, 0.15) is 0 Å². The van der Waals surface area contributed by atoms with E-state index in [9.17, 15) is 10.5 Å². The smallest absolute Gasteiger partial charge is 0.0991 e. The van der Waals surface area contributed by atoms with E-state index < -0.39 is 0 Å². The van der Waals surface area contributed by atoms with Crippen LogP contribution in [-0.4, -0.2) is 9.13 Å². The SMILES string of the molecule is CC1(C)c2ccccc2-c2cc3c4cc(C#N)ccc4n(-c4cccc(-c5cccc(-n6c7ccccc7c7cc(C#N)ccc76)c5)c4)c3cc21. The number of fused-ring (bicyclic) bond motifs is 9. The number of aromatic nitrogens is 2. The zero-order chi connectivity index (χ0) is 34.4. The van der Waals surface area contributed by atoms with Crippen LogP contribution in [-0.2, 0) is 5.41 Å². The molecule has 0 unspecified atom stereocenters. The van der Waals surface area contributed by atoms with Crippen LogP contribution in [0.5, 0.6) is 0 Å². The van der Waals surface area contributed by atoms with E-state index in [4.69, 9.17) is 0 Å². The largest absolute Gasteiger partial charge is 0.309 e. The van der Waals surface area contributed by atoms with E-state index in [0.29, 0.717) is 11.1 Å². The van der Waals surface area contributed by atoms with Crippen molar-refractivity contribution in [3.63, 3.8) is 0 Å². The topological polar surface area (TPSA) is 57.4 Å². The van der Waals surface area contributed by atoms with Crippen LogP contribution in [0.15, 0.2) is 146 Å². The summed E-state index contributed by atoms with van der Waals surface area (Å²) in [6.45, 7) is 4.63. The van der Waals surface area contributed by atoms with Crippen LogP contribution in [0.25, 0.3) is 77.2 Å². The lowest BCUT2D eigenvalue weighted by molar-refractivity contribution is 0.661. The molecule has 0 saturated heterocycles. The third-order valence-electron chi connectivity index (χ3n) is 10.9. The maximum atomic E-state index is 9.87. The average molecular weight is 651 g/mol. The normalized spacial score (nSPS) is 13.0. The molecule has 7 aromatic carbocycles. The van der Waals surface area contributed by atoms with Crippen molar-refractivity contribution in [3.8, 4) is 45.8 Å². The highest BCUT2D eigenvalue weighted by Gasteiger charge is 2.36. The molecular formula is C47H30N4. The van der Waals surface area contributed by atoms with Gasteiger partial charge in [-0.25, -0.2) is 0 Å². The lowest BCUT2D eigenvalue weighted by Crippen LogP contribution is -2.14. The van der Waals surface area contributed by atoms with Crippen molar-refractivity contribution in [2.24, 2.45) is 0 Å². The molecule has 1 aliphatic rings. The molecule has 2 aromatic heterocycles. The Morgan fingerprint density at radius 1 is 0.431 bits per heavy atom. The zero-order valence-electron chi connectivity index (χ0n) is 28.1. The molecule has 10 rings (SSSR count). The van der Waals surface area contributed by atoms with Gasteiger partial charge in [0.2, 0.25) is 0 Å². The summed E-state index contributed by atoms with van der Waals surface area (Å²) >= 11 is 0. The molecule has 238 valence electrons. The lowest BCUT2D eigenvalue weighted by Gasteiger charge is -2.21. The molecule has 0 atom stereocenters. The number of hydrogen-bond donors (Lipinski definition) is 0. The van der Waals surface area contributed by atoms with Crippen LogP contribution >= 0.6 is 0 Å². The van der Waals surface area contributed by atoms with Gasteiger partial charge in [-0.05, 0) is 112 Å². The van der Waals surface area contributed by atoms with Gasteiger partial charge in [0.15, 0.2) is 0 Å². The molecular weight excluding hydrogens is 621 g/mol. The summed E-state index contributed by atoms with van der Waals surface area (Å²) in [5.41, 5.74) is 15.1. The second-order valence-corrected chi connectivity index (χ2v) is 14.1. The molecule has 2 heterocycles. The number of para-hydroxylation sites is 1. The van der Waals surface area contributed by atoms with E-state index in [1.807, 2.05) is 24.3 Å². The van der Waals surface area contributed by atoms with Crippen molar-refractivity contribution in [1.82, 2.24) is 9.13 Å². The van der Waals surface area contributed by atoms with Crippen LogP contribution in [0, 0.1) is 22.7 Å². The van der Waals surface area contributed by atoms with Gasteiger partial charge in [0, 0.05) is 38.3 Å². The van der Waals surface area contributed by atoms with Crippen LogP contribution in [0.2, 0.25) is 0 Å². The van der Waals surface area contributed by atoms with Crippen molar-refractivity contribution in [2.45, 2.75) is 19.3 Å². The second-order valence-electron chi connectivity index (χ2n) is 14.1. The fraction of sp³-hybridized carbons (Fsp3) is 0.0638. The van der Waals surface area contributed by atoms with Gasteiger partial charge in [0.25, 0.3) is 0 Å². The first-order valence-electron chi connectivity index (χ1n) is 17.2. The van der Waals surface area contributed by atoms with Crippen LogP contribution in [0.3, 0.4) is 0 Å². The summed E-state index contributed by atoms with van der Waals surface area (Å²) in [7, 11) is 0. The van der Waals surface area contributed by atoms with Crippen molar-refractivity contribution >= 4 is 43.6 Å². The van der Waals surface area contributed by atoms with E-state index in [-0.39, 0.29) is 5.41 Å². The molecule has 4 heteroatoms. The monoisotopic (exact) mass is 650 g/mol. The summed E-state index contributed by atoms with van der Waals surface area (Å²) in [5.74, 6) is 0. The molecule has 0 radical (unpaired) electrons. The number of nitrogens with zero attached hydrogens (tertiary/aromatic N) is 4. The molecule has 1 aliphatic carbocycles. The van der Waals surface area contributed by atoms with E-state index in [1.165, 1.54) is 22.3 Å².